The van der Waals surface area contributed by atoms with Crippen LogP contribution in [-0.4, -0.2) is 85.4 Å². The largest absolute Gasteiger partial charge is 0.509 e. The van der Waals surface area contributed by atoms with Gasteiger partial charge in [-0.05, 0) is 50.5 Å². The molecule has 0 aromatic heterocycles. The molecule has 4 aliphatic carbocycles. The summed E-state index contributed by atoms with van der Waals surface area (Å²) in [4.78, 5) is 65.1. The molecule has 0 aliphatic heterocycles. The topological polar surface area (TPSA) is 187 Å². The number of hydrogen-bond acceptors (Lipinski definition) is 13. The molecule has 0 aromatic rings. The lowest BCUT2D eigenvalue weighted by Gasteiger charge is -2.59. The molecule has 14 heteroatoms. The number of hydrogen-bond donors (Lipinski definition) is 1. The Bertz CT molecular complexity index is 1180. The van der Waals surface area contributed by atoms with Gasteiger partial charge in [-0.3, -0.25) is 9.59 Å². The summed E-state index contributed by atoms with van der Waals surface area (Å²) in [6.07, 6.45) is 4.27. The van der Waals surface area contributed by atoms with Crippen molar-refractivity contribution < 1.29 is 57.9 Å². The van der Waals surface area contributed by atoms with Gasteiger partial charge in [-0.25, -0.2) is 9.59 Å². The van der Waals surface area contributed by atoms with E-state index in [-0.39, 0.29) is 69.4 Å². The molecule has 0 unspecified atom stereocenters. The Kier molecular flexibility index (Phi) is 9.79. The summed E-state index contributed by atoms with van der Waals surface area (Å²) in [5.74, 6) is -0.990. The van der Waals surface area contributed by atoms with Crippen molar-refractivity contribution in [3.8, 4) is 0 Å². The van der Waals surface area contributed by atoms with Gasteiger partial charge in [0.1, 0.15) is 13.2 Å². The highest BCUT2D eigenvalue weighted by molar-refractivity contribution is 5.94. The average Bonchev–Trinajstić information content (AvgIpc) is 3.23. The average molecular weight is 610 g/mol. The monoisotopic (exact) mass is 609 g/mol. The predicted octanol–water partition coefficient (Wildman–Crippen LogP) is 3.12. The first-order chi connectivity index (χ1) is 20.4. The number of carbonyl (C=O) groups is 4. The van der Waals surface area contributed by atoms with Crippen LogP contribution in [-0.2, 0) is 38.1 Å². The number of ether oxygens (including phenoxy) is 5. The normalized spacial score (nSPS) is 34.1. The van der Waals surface area contributed by atoms with Crippen LogP contribution in [0.15, 0.2) is 23.8 Å². The molecule has 2 saturated carbocycles. The van der Waals surface area contributed by atoms with Crippen molar-refractivity contribution in [3.63, 3.8) is 0 Å². The third-order valence-electron chi connectivity index (χ3n) is 9.74. The van der Waals surface area contributed by atoms with Gasteiger partial charge in [0.15, 0.2) is 18.0 Å². The van der Waals surface area contributed by atoms with Crippen LogP contribution >= 0.6 is 0 Å². The number of Topliss-reactive ketones (excluding diaryl/α,β-unsaturated/α-hetero) is 1. The summed E-state index contributed by atoms with van der Waals surface area (Å²) in [7, 11) is 0. The van der Waals surface area contributed by atoms with E-state index in [0.717, 1.165) is 5.57 Å². The molecule has 4 rings (SSSR count). The summed E-state index contributed by atoms with van der Waals surface area (Å²) < 4.78 is 25.9. The van der Waals surface area contributed by atoms with Crippen LogP contribution in [0.1, 0.15) is 52.9 Å². The van der Waals surface area contributed by atoms with Crippen LogP contribution in [0.25, 0.3) is 0 Å². The second-order valence-electron chi connectivity index (χ2n) is 11.8. The zero-order valence-corrected chi connectivity index (χ0v) is 24.6. The molecule has 0 heterocycles. The molecule has 0 bridgehead atoms. The van der Waals surface area contributed by atoms with Crippen molar-refractivity contribution >= 4 is 23.9 Å². The third-order valence-corrected chi connectivity index (χ3v) is 9.74. The van der Waals surface area contributed by atoms with Crippen molar-refractivity contribution in [3.05, 3.63) is 33.9 Å². The molecular weight excluding hydrogens is 570 g/mol. The maximum absolute atomic E-state index is 13.9. The molecule has 0 saturated heterocycles. The molecule has 238 valence electrons. The van der Waals surface area contributed by atoms with Gasteiger partial charge in [0.25, 0.3) is 5.09 Å². The van der Waals surface area contributed by atoms with Crippen molar-refractivity contribution in [2.75, 3.05) is 39.6 Å². The van der Waals surface area contributed by atoms with E-state index in [1.807, 2.05) is 19.9 Å². The Morgan fingerprint density at radius 3 is 2.56 bits per heavy atom. The van der Waals surface area contributed by atoms with Gasteiger partial charge in [-0.15, -0.1) is 10.1 Å². The van der Waals surface area contributed by atoms with E-state index in [0.29, 0.717) is 19.3 Å². The zero-order valence-electron chi connectivity index (χ0n) is 24.6. The van der Waals surface area contributed by atoms with E-state index in [1.54, 1.807) is 13.0 Å². The summed E-state index contributed by atoms with van der Waals surface area (Å²) in [5.41, 5.74) is -2.24. The van der Waals surface area contributed by atoms with Gasteiger partial charge < -0.3 is 33.6 Å². The minimum Gasteiger partial charge on any atom is -0.435 e. The Labute approximate surface area is 248 Å². The molecule has 14 nitrogen and oxygen atoms in total. The fourth-order valence-corrected chi connectivity index (χ4v) is 7.93. The second-order valence-corrected chi connectivity index (χ2v) is 11.8. The van der Waals surface area contributed by atoms with E-state index in [4.69, 9.17) is 23.7 Å². The Morgan fingerprint density at radius 1 is 1.09 bits per heavy atom. The van der Waals surface area contributed by atoms with Crippen molar-refractivity contribution in [1.82, 2.24) is 0 Å². The van der Waals surface area contributed by atoms with Crippen LogP contribution in [0, 0.1) is 38.7 Å². The molecule has 4 aliphatic rings. The van der Waals surface area contributed by atoms with Crippen LogP contribution < -0.4 is 0 Å². The van der Waals surface area contributed by atoms with E-state index in [1.165, 1.54) is 0 Å². The lowest BCUT2D eigenvalue weighted by atomic mass is 9.47. The lowest BCUT2D eigenvalue weighted by Crippen LogP contribution is -2.63. The number of aliphatic hydroxyl groups is 1. The molecule has 2 fully saturated rings. The number of allylic oxidation sites excluding steroid dienone is 4. The first-order valence-electron chi connectivity index (χ1n) is 14.5. The Balaban J connectivity index is 1.47. The van der Waals surface area contributed by atoms with Gasteiger partial charge in [-0.2, -0.15) is 0 Å². The minimum atomic E-state index is -1.72. The maximum Gasteiger partial charge on any atom is 0.509 e. The van der Waals surface area contributed by atoms with Gasteiger partial charge in [0.2, 0.25) is 5.78 Å². The highest BCUT2D eigenvalue weighted by atomic mass is 17.0. The fraction of sp³-hybridized carbons (Fsp3) is 0.724. The summed E-state index contributed by atoms with van der Waals surface area (Å²) in [6, 6.07) is 0. The number of ketones is 2. The SMILES string of the molecule is CCOC(=O)O[C@]1(C(=O)COC(=O)OCCOCCO[N+](=O)[O-])CC[C@H]2[C@@H]3CC=C4CC(=O)C=C[C@]4(C)[C@H]3[C@@H](O)C[C@@]21C. The molecule has 43 heavy (non-hydrogen) atoms. The number of rotatable bonds is 12. The minimum absolute atomic E-state index is 0.0244. The van der Waals surface area contributed by atoms with E-state index in [2.05, 4.69) is 10.9 Å². The first kappa shape index (κ1) is 32.4. The van der Waals surface area contributed by atoms with Gasteiger partial charge in [0, 0.05) is 23.2 Å². The van der Waals surface area contributed by atoms with E-state index in [9.17, 15) is 34.4 Å². The van der Waals surface area contributed by atoms with Crippen molar-refractivity contribution in [2.45, 2.75) is 64.6 Å². The van der Waals surface area contributed by atoms with Crippen LogP contribution in [0.3, 0.4) is 0 Å². The maximum atomic E-state index is 13.9. The smallest absolute Gasteiger partial charge is 0.435 e. The van der Waals surface area contributed by atoms with Crippen LogP contribution in [0.4, 0.5) is 9.59 Å². The summed E-state index contributed by atoms with van der Waals surface area (Å²) >= 11 is 0. The number of fused-ring (bicyclic) bond motifs is 5. The Morgan fingerprint density at radius 2 is 1.84 bits per heavy atom. The molecule has 1 N–H and O–H groups in total. The molecule has 0 spiro atoms. The van der Waals surface area contributed by atoms with Gasteiger partial charge in [-0.1, -0.05) is 31.6 Å². The van der Waals surface area contributed by atoms with Crippen LogP contribution in [0.5, 0.6) is 0 Å². The van der Waals surface area contributed by atoms with Crippen LogP contribution in [0.2, 0.25) is 0 Å². The zero-order chi connectivity index (χ0) is 31.4. The fourth-order valence-electron chi connectivity index (χ4n) is 7.93. The lowest BCUT2D eigenvalue weighted by molar-refractivity contribution is -0.758. The van der Waals surface area contributed by atoms with Gasteiger partial charge >= 0.3 is 12.3 Å². The quantitative estimate of drug-likeness (QED) is 0.112. The van der Waals surface area contributed by atoms with E-state index < -0.39 is 52.3 Å². The molecule has 0 radical (unpaired) electrons. The second kappa shape index (κ2) is 13.0. The first-order valence-corrected chi connectivity index (χ1v) is 14.5. The highest BCUT2D eigenvalue weighted by Gasteiger charge is 2.70. The molecular formula is C29H39NO13. The number of aliphatic hydroxyl groups excluding tert-OH is 1. The van der Waals surface area contributed by atoms with Gasteiger partial charge in [0.05, 0.1) is 25.9 Å². The Hall–Kier alpha value is -3.52. The summed E-state index contributed by atoms with van der Waals surface area (Å²) in [6.45, 7) is 4.07. The standard InChI is InChI=1S/C29H39NO13/c1-4-39-26(35)43-29(23(33)17-41-25(34)40-13-11-38-12-14-42-30(36)37)10-8-21-20-6-5-18-15-19(31)7-9-27(18,2)24(20)22(32)16-28(21,29)3/h5,7,9,20-22,24,32H,4,6,8,10-17H2,1-3H3/t20-,21-,22-,24+,27-,28-,29-/m0/s1. The number of nitrogens with zero attached hydrogens (tertiary/aromatic N) is 1. The molecule has 0 aromatic carbocycles. The van der Waals surface area contributed by atoms with Crippen molar-refractivity contribution in [2.24, 2.45) is 28.6 Å². The predicted molar refractivity (Wildman–Crippen MR) is 145 cm³/mol. The van der Waals surface area contributed by atoms with Crippen molar-refractivity contribution in [1.29, 1.82) is 0 Å². The molecule has 7 atom stereocenters. The summed E-state index contributed by atoms with van der Waals surface area (Å²) in [5, 5.41) is 20.8. The number of carbonyl (C=O) groups excluding carboxylic acids is 4. The van der Waals surface area contributed by atoms with E-state index >= 15 is 0 Å². The highest BCUT2D eigenvalue weighted by Crippen LogP contribution is 2.67. The third kappa shape index (κ3) is 6.26. The molecule has 0 amide bonds.